The van der Waals surface area contributed by atoms with Gasteiger partial charge in [-0.3, -0.25) is 10.1 Å². The summed E-state index contributed by atoms with van der Waals surface area (Å²) in [7, 11) is 0. The van der Waals surface area contributed by atoms with Crippen LogP contribution in [-0.2, 0) is 14.3 Å². The van der Waals surface area contributed by atoms with Crippen LogP contribution in [0.2, 0.25) is 0 Å². The number of hydrogen-bond acceptors (Lipinski definition) is 6. The van der Waals surface area contributed by atoms with Gasteiger partial charge in [0.1, 0.15) is 5.60 Å². The molecule has 1 saturated heterocycles. The third-order valence-corrected chi connectivity index (χ3v) is 5.79. The molecule has 0 radical (unpaired) electrons. The molecular formula is C26H28BrN3O5. The second-order valence-electron chi connectivity index (χ2n) is 9.27. The van der Waals surface area contributed by atoms with E-state index in [1.165, 1.54) is 0 Å². The van der Waals surface area contributed by atoms with E-state index in [9.17, 15) is 9.59 Å². The Kier molecular flexibility index (Phi) is 7.69. The number of hydroxylamine groups is 1. The maximum absolute atomic E-state index is 13.2. The summed E-state index contributed by atoms with van der Waals surface area (Å²) >= 11 is 3.44. The molecule has 35 heavy (non-hydrogen) atoms. The lowest BCUT2D eigenvalue weighted by atomic mass is 10.0. The van der Waals surface area contributed by atoms with Crippen molar-refractivity contribution in [1.29, 1.82) is 0 Å². The van der Waals surface area contributed by atoms with Gasteiger partial charge >= 0.3 is 6.09 Å². The third-order valence-electron chi connectivity index (χ3n) is 5.26. The monoisotopic (exact) mass is 541 g/mol. The molecule has 1 aliphatic rings. The molecule has 1 aromatic heterocycles. The molecule has 184 valence electrons. The van der Waals surface area contributed by atoms with E-state index in [2.05, 4.69) is 26.7 Å². The lowest BCUT2D eigenvalue weighted by molar-refractivity contribution is -0.186. The molecule has 0 spiro atoms. The van der Waals surface area contributed by atoms with Gasteiger partial charge in [0.05, 0.1) is 16.8 Å². The molecule has 0 aliphatic carbocycles. The number of nitrogens with one attached hydrogen (secondary N) is 2. The van der Waals surface area contributed by atoms with E-state index < -0.39 is 23.9 Å². The van der Waals surface area contributed by atoms with Crippen LogP contribution in [0.15, 0.2) is 53.0 Å². The summed E-state index contributed by atoms with van der Waals surface area (Å²) in [5.41, 5.74) is 4.83. The molecular weight excluding hydrogens is 514 g/mol. The summed E-state index contributed by atoms with van der Waals surface area (Å²) in [5, 5.41) is 3.28. The normalized spacial score (nSPS) is 16.1. The first-order valence-electron chi connectivity index (χ1n) is 11.5. The number of fused-ring (bicyclic) bond motifs is 1. The molecule has 1 aliphatic heterocycles. The molecule has 0 bridgehead atoms. The highest BCUT2D eigenvalue weighted by molar-refractivity contribution is 9.10. The predicted molar refractivity (Wildman–Crippen MR) is 137 cm³/mol. The zero-order valence-electron chi connectivity index (χ0n) is 19.9. The Morgan fingerprint density at radius 2 is 1.86 bits per heavy atom. The second kappa shape index (κ2) is 10.7. The number of carbonyl (C=O) groups is 2. The molecule has 1 atom stereocenters. The lowest BCUT2D eigenvalue weighted by Crippen LogP contribution is -2.33. The highest BCUT2D eigenvalue weighted by Crippen LogP contribution is 2.28. The maximum atomic E-state index is 13.2. The van der Waals surface area contributed by atoms with Gasteiger partial charge in [0.15, 0.2) is 6.29 Å². The minimum Gasteiger partial charge on any atom is -0.444 e. The van der Waals surface area contributed by atoms with Crippen molar-refractivity contribution < 1.29 is 23.9 Å². The van der Waals surface area contributed by atoms with Crippen molar-refractivity contribution in [2.24, 2.45) is 0 Å². The number of halogens is 1. The van der Waals surface area contributed by atoms with Crippen molar-refractivity contribution >= 4 is 44.5 Å². The zero-order chi connectivity index (χ0) is 25.0. The maximum Gasteiger partial charge on any atom is 0.412 e. The van der Waals surface area contributed by atoms with Crippen molar-refractivity contribution in [1.82, 2.24) is 10.5 Å². The van der Waals surface area contributed by atoms with E-state index in [1.54, 1.807) is 45.0 Å². The molecule has 8 nitrogen and oxygen atoms in total. The summed E-state index contributed by atoms with van der Waals surface area (Å²) in [6.07, 6.45) is 1.61. The second-order valence-corrected chi connectivity index (χ2v) is 10.2. The number of amides is 2. The predicted octanol–water partition coefficient (Wildman–Crippen LogP) is 6.20. The fraction of sp³-hybridized carbons (Fsp3) is 0.346. The van der Waals surface area contributed by atoms with E-state index in [-0.39, 0.29) is 0 Å². The van der Waals surface area contributed by atoms with E-state index in [0.29, 0.717) is 40.9 Å². The minimum atomic E-state index is -0.633. The van der Waals surface area contributed by atoms with Crippen molar-refractivity contribution in [3.8, 4) is 11.3 Å². The van der Waals surface area contributed by atoms with Crippen molar-refractivity contribution in [3.63, 3.8) is 0 Å². The Morgan fingerprint density at radius 1 is 1.09 bits per heavy atom. The van der Waals surface area contributed by atoms with Gasteiger partial charge in [0, 0.05) is 34.1 Å². The standard InChI is InChI=1S/C26H28BrN3O5/c1-26(2,3)34-25(32)28-18-11-12-21-19(14-18)20(24(31)30-35-23-6-4-5-13-33-23)15-22(29-21)16-7-9-17(27)10-8-16/h7-12,14-15,23H,4-6,13H2,1-3H3,(H,28,32)(H,30,31). The van der Waals surface area contributed by atoms with Crippen LogP contribution in [0.4, 0.5) is 10.5 Å². The van der Waals surface area contributed by atoms with Crippen molar-refractivity contribution in [2.45, 2.75) is 51.9 Å². The van der Waals surface area contributed by atoms with Crippen LogP contribution >= 0.6 is 15.9 Å². The van der Waals surface area contributed by atoms with Crippen LogP contribution < -0.4 is 10.8 Å². The lowest BCUT2D eigenvalue weighted by Gasteiger charge is -2.22. The molecule has 2 aromatic carbocycles. The molecule has 3 aromatic rings. The van der Waals surface area contributed by atoms with Gasteiger partial charge in [-0.2, -0.15) is 0 Å². The molecule has 2 amide bonds. The van der Waals surface area contributed by atoms with E-state index in [4.69, 9.17) is 19.3 Å². The first-order valence-corrected chi connectivity index (χ1v) is 12.3. The largest absolute Gasteiger partial charge is 0.444 e. The van der Waals surface area contributed by atoms with E-state index >= 15 is 0 Å². The number of rotatable bonds is 5. The molecule has 2 heterocycles. The van der Waals surface area contributed by atoms with Gasteiger partial charge in [-0.15, -0.1) is 0 Å². The summed E-state index contributed by atoms with van der Waals surface area (Å²) in [5.74, 6) is -0.431. The Labute approximate surface area is 212 Å². The average molecular weight is 542 g/mol. The molecule has 2 N–H and O–H groups in total. The topological polar surface area (TPSA) is 98.8 Å². The zero-order valence-corrected chi connectivity index (χ0v) is 21.5. The van der Waals surface area contributed by atoms with Crippen LogP contribution in [0.25, 0.3) is 22.2 Å². The van der Waals surface area contributed by atoms with Crippen molar-refractivity contribution in [2.75, 3.05) is 11.9 Å². The van der Waals surface area contributed by atoms with Crippen LogP contribution in [0, 0.1) is 0 Å². The smallest absolute Gasteiger partial charge is 0.412 e. The first-order chi connectivity index (χ1) is 16.7. The van der Waals surface area contributed by atoms with Gasteiger partial charge < -0.3 is 9.47 Å². The molecule has 0 saturated carbocycles. The quantitative estimate of drug-likeness (QED) is 0.373. The number of nitrogens with zero attached hydrogens (tertiary/aromatic N) is 1. The summed E-state index contributed by atoms with van der Waals surface area (Å²) in [6.45, 7) is 5.98. The fourth-order valence-electron chi connectivity index (χ4n) is 3.66. The SMILES string of the molecule is CC(C)(C)OC(=O)Nc1ccc2nc(-c3ccc(Br)cc3)cc(C(=O)NOC3CCCCO3)c2c1. The minimum absolute atomic E-state index is 0.358. The van der Waals surface area contributed by atoms with Crippen molar-refractivity contribution in [3.05, 3.63) is 58.6 Å². The summed E-state index contributed by atoms with van der Waals surface area (Å²) in [6, 6.07) is 14.6. The van der Waals surface area contributed by atoms with Crippen LogP contribution in [0.1, 0.15) is 50.4 Å². The Bertz CT molecular complexity index is 1220. The molecule has 1 fully saturated rings. The van der Waals surface area contributed by atoms with Gasteiger partial charge in [0.25, 0.3) is 5.91 Å². The number of hydrogen-bond donors (Lipinski definition) is 2. The van der Waals surface area contributed by atoms with Crippen LogP contribution in [-0.4, -0.2) is 35.5 Å². The van der Waals surface area contributed by atoms with Gasteiger partial charge in [-0.05, 0) is 70.0 Å². The highest BCUT2D eigenvalue weighted by atomic mass is 79.9. The average Bonchev–Trinajstić information content (AvgIpc) is 2.82. The highest BCUT2D eigenvalue weighted by Gasteiger charge is 2.20. The van der Waals surface area contributed by atoms with Crippen LogP contribution in [0.5, 0.6) is 0 Å². The number of benzene rings is 2. The Morgan fingerprint density at radius 3 is 2.54 bits per heavy atom. The number of ether oxygens (including phenoxy) is 2. The summed E-state index contributed by atoms with van der Waals surface area (Å²) < 4.78 is 11.8. The summed E-state index contributed by atoms with van der Waals surface area (Å²) in [4.78, 5) is 35.7. The molecule has 4 rings (SSSR count). The molecule has 1 unspecified atom stereocenters. The van der Waals surface area contributed by atoms with Gasteiger partial charge in [-0.1, -0.05) is 28.1 Å². The number of aromatic nitrogens is 1. The number of carbonyl (C=O) groups excluding carboxylic acids is 2. The van der Waals surface area contributed by atoms with Gasteiger partial charge in [0.2, 0.25) is 0 Å². The van der Waals surface area contributed by atoms with Crippen LogP contribution in [0.3, 0.4) is 0 Å². The van der Waals surface area contributed by atoms with Gasteiger partial charge in [-0.25, -0.2) is 20.1 Å². The van der Waals surface area contributed by atoms with E-state index in [1.807, 2.05) is 24.3 Å². The fourth-order valence-corrected chi connectivity index (χ4v) is 3.92. The number of pyridine rings is 1. The third kappa shape index (κ3) is 6.78. The number of anilines is 1. The molecule has 9 heteroatoms. The Hall–Kier alpha value is -3.01. The first kappa shape index (κ1) is 25.1. The Balaban J connectivity index is 1.67. The van der Waals surface area contributed by atoms with E-state index in [0.717, 1.165) is 22.9 Å².